The first-order valence-electron chi connectivity index (χ1n) is 7.32. The molecular weight excluding hydrogens is 413 g/mol. The highest BCUT2D eigenvalue weighted by molar-refractivity contribution is 14.0. The van der Waals surface area contributed by atoms with Gasteiger partial charge in [-0.25, -0.2) is 0 Å². The zero-order chi connectivity index (χ0) is 14.4. The molecule has 120 valence electrons. The second kappa shape index (κ2) is 9.94. The Morgan fingerprint density at radius 1 is 1.38 bits per heavy atom. The predicted octanol–water partition coefficient (Wildman–Crippen LogP) is 3.88. The van der Waals surface area contributed by atoms with Crippen molar-refractivity contribution >= 4 is 53.0 Å². The molecule has 1 saturated carbocycles. The minimum atomic E-state index is 0. The van der Waals surface area contributed by atoms with Crippen molar-refractivity contribution in [2.45, 2.75) is 50.4 Å². The minimum absolute atomic E-state index is 0. The molecule has 0 spiro atoms. The first-order valence-corrected chi connectivity index (χ1v) is 9.43. The van der Waals surface area contributed by atoms with Gasteiger partial charge in [0.25, 0.3) is 0 Å². The van der Waals surface area contributed by atoms with Gasteiger partial charge in [0.1, 0.15) is 0 Å². The van der Waals surface area contributed by atoms with Crippen LogP contribution in [0.4, 0.5) is 0 Å². The van der Waals surface area contributed by atoms with Crippen molar-refractivity contribution in [1.29, 1.82) is 0 Å². The van der Waals surface area contributed by atoms with Crippen LogP contribution in [-0.2, 0) is 13.0 Å². The molecule has 1 aromatic rings. The third-order valence-electron chi connectivity index (χ3n) is 3.78. The van der Waals surface area contributed by atoms with E-state index >= 15 is 0 Å². The van der Waals surface area contributed by atoms with Gasteiger partial charge in [0.2, 0.25) is 0 Å². The van der Waals surface area contributed by atoms with E-state index in [0.717, 1.165) is 24.2 Å². The lowest BCUT2D eigenvalue weighted by Crippen LogP contribution is -2.42. The molecule has 0 saturated heterocycles. The van der Waals surface area contributed by atoms with Crippen LogP contribution in [0.15, 0.2) is 17.1 Å². The standard InChI is InChI=1S/C15H25N3S2.HI/c1-4-12-7-8-14(20-12)10-17-15(16-2)18-11-5-6-13(9-11)19-3;/h7-8,11,13H,4-6,9-10H2,1-3H3,(H2,16,17,18);1H. The summed E-state index contributed by atoms with van der Waals surface area (Å²) in [5, 5.41) is 7.79. The van der Waals surface area contributed by atoms with Crippen molar-refractivity contribution in [2.75, 3.05) is 13.3 Å². The smallest absolute Gasteiger partial charge is 0.191 e. The largest absolute Gasteiger partial charge is 0.354 e. The van der Waals surface area contributed by atoms with Crippen LogP contribution in [0.25, 0.3) is 0 Å². The van der Waals surface area contributed by atoms with Gasteiger partial charge >= 0.3 is 0 Å². The SMILES string of the molecule is CCc1ccc(CNC(=NC)NC2CCC(SC)C2)s1.I. The van der Waals surface area contributed by atoms with Gasteiger partial charge in [0, 0.05) is 28.1 Å². The fourth-order valence-corrected chi connectivity index (χ4v) is 4.25. The average molecular weight is 439 g/mol. The number of guanidine groups is 1. The average Bonchev–Trinajstić information content (AvgIpc) is 3.12. The number of hydrogen-bond acceptors (Lipinski definition) is 3. The van der Waals surface area contributed by atoms with E-state index in [4.69, 9.17) is 0 Å². The molecule has 0 bridgehead atoms. The molecule has 2 unspecified atom stereocenters. The number of rotatable bonds is 5. The fourth-order valence-electron chi connectivity index (χ4n) is 2.55. The molecule has 1 aliphatic rings. The summed E-state index contributed by atoms with van der Waals surface area (Å²) in [7, 11) is 1.85. The van der Waals surface area contributed by atoms with Crippen molar-refractivity contribution in [2.24, 2.45) is 4.99 Å². The molecule has 0 radical (unpaired) electrons. The van der Waals surface area contributed by atoms with Crippen molar-refractivity contribution in [3.05, 3.63) is 21.9 Å². The Labute approximate surface area is 153 Å². The Morgan fingerprint density at radius 2 is 2.14 bits per heavy atom. The van der Waals surface area contributed by atoms with Crippen LogP contribution in [0.2, 0.25) is 0 Å². The maximum Gasteiger partial charge on any atom is 0.191 e. The number of thioether (sulfide) groups is 1. The topological polar surface area (TPSA) is 36.4 Å². The molecule has 1 aromatic heterocycles. The minimum Gasteiger partial charge on any atom is -0.354 e. The number of aliphatic imine (C=N–C) groups is 1. The van der Waals surface area contributed by atoms with Crippen LogP contribution < -0.4 is 10.6 Å². The second-order valence-electron chi connectivity index (χ2n) is 5.16. The zero-order valence-corrected chi connectivity index (χ0v) is 17.0. The van der Waals surface area contributed by atoms with E-state index in [1.54, 1.807) is 0 Å². The number of aryl methyl sites for hydroxylation is 1. The van der Waals surface area contributed by atoms with E-state index in [1.165, 1.54) is 29.0 Å². The van der Waals surface area contributed by atoms with E-state index in [0.29, 0.717) is 6.04 Å². The molecule has 21 heavy (non-hydrogen) atoms. The van der Waals surface area contributed by atoms with Gasteiger partial charge in [0.15, 0.2) is 5.96 Å². The van der Waals surface area contributed by atoms with Gasteiger partial charge < -0.3 is 10.6 Å². The first kappa shape index (κ1) is 19.1. The lowest BCUT2D eigenvalue weighted by Gasteiger charge is -2.17. The van der Waals surface area contributed by atoms with Crippen LogP contribution >= 0.6 is 47.1 Å². The van der Waals surface area contributed by atoms with E-state index in [-0.39, 0.29) is 24.0 Å². The van der Waals surface area contributed by atoms with Crippen LogP contribution in [0.1, 0.15) is 35.9 Å². The number of nitrogens with one attached hydrogen (secondary N) is 2. The monoisotopic (exact) mass is 439 g/mol. The van der Waals surface area contributed by atoms with Crippen molar-refractivity contribution in [3.8, 4) is 0 Å². The highest BCUT2D eigenvalue weighted by Crippen LogP contribution is 2.28. The number of thiophene rings is 1. The van der Waals surface area contributed by atoms with Crippen molar-refractivity contribution < 1.29 is 0 Å². The molecule has 2 atom stereocenters. The maximum atomic E-state index is 4.34. The molecule has 0 aliphatic heterocycles. The summed E-state index contributed by atoms with van der Waals surface area (Å²) in [4.78, 5) is 7.16. The maximum absolute atomic E-state index is 4.34. The molecule has 2 N–H and O–H groups in total. The van der Waals surface area contributed by atoms with Gasteiger partial charge in [-0.3, -0.25) is 4.99 Å². The Morgan fingerprint density at radius 3 is 2.71 bits per heavy atom. The molecule has 1 heterocycles. The van der Waals surface area contributed by atoms with E-state index < -0.39 is 0 Å². The van der Waals surface area contributed by atoms with Crippen LogP contribution in [0.3, 0.4) is 0 Å². The van der Waals surface area contributed by atoms with E-state index in [9.17, 15) is 0 Å². The molecule has 0 aromatic carbocycles. The summed E-state index contributed by atoms with van der Waals surface area (Å²) in [6, 6.07) is 5.01. The number of hydrogen-bond donors (Lipinski definition) is 2. The van der Waals surface area contributed by atoms with Gasteiger partial charge in [-0.05, 0) is 44.1 Å². The molecule has 1 aliphatic carbocycles. The van der Waals surface area contributed by atoms with Crippen LogP contribution in [0, 0.1) is 0 Å². The lowest BCUT2D eigenvalue weighted by molar-refractivity contribution is 0.615. The summed E-state index contributed by atoms with van der Waals surface area (Å²) in [6.45, 7) is 3.06. The highest BCUT2D eigenvalue weighted by Gasteiger charge is 2.24. The summed E-state index contributed by atoms with van der Waals surface area (Å²) in [5.74, 6) is 0.934. The van der Waals surface area contributed by atoms with Gasteiger partial charge in [-0.2, -0.15) is 11.8 Å². The van der Waals surface area contributed by atoms with Crippen LogP contribution in [0.5, 0.6) is 0 Å². The summed E-state index contributed by atoms with van der Waals surface area (Å²) >= 11 is 3.87. The van der Waals surface area contributed by atoms with Crippen molar-refractivity contribution in [1.82, 2.24) is 10.6 Å². The summed E-state index contributed by atoms with van der Waals surface area (Å²) in [5.41, 5.74) is 0. The van der Waals surface area contributed by atoms with E-state index in [1.807, 2.05) is 30.1 Å². The summed E-state index contributed by atoms with van der Waals surface area (Å²) < 4.78 is 0. The molecule has 0 amide bonds. The third kappa shape index (κ3) is 5.98. The van der Waals surface area contributed by atoms with E-state index in [2.05, 4.69) is 40.9 Å². The number of halogens is 1. The van der Waals surface area contributed by atoms with Crippen LogP contribution in [-0.4, -0.2) is 30.6 Å². The second-order valence-corrected chi connectivity index (χ2v) is 7.55. The Balaban J connectivity index is 0.00000220. The predicted molar refractivity (Wildman–Crippen MR) is 107 cm³/mol. The molecule has 6 heteroatoms. The quantitative estimate of drug-likeness (QED) is 0.416. The van der Waals surface area contributed by atoms with Gasteiger partial charge in [-0.15, -0.1) is 35.3 Å². The normalized spacial score (nSPS) is 22.0. The molecule has 2 rings (SSSR count). The zero-order valence-electron chi connectivity index (χ0n) is 13.0. The van der Waals surface area contributed by atoms with Gasteiger partial charge in [-0.1, -0.05) is 6.92 Å². The molecular formula is C15H26IN3S2. The summed E-state index contributed by atoms with van der Waals surface area (Å²) in [6.07, 6.45) is 7.16. The highest BCUT2D eigenvalue weighted by atomic mass is 127. The molecule has 1 fully saturated rings. The number of nitrogens with zero attached hydrogens (tertiary/aromatic N) is 1. The third-order valence-corrected chi connectivity index (χ3v) is 6.10. The first-order chi connectivity index (χ1) is 9.75. The van der Waals surface area contributed by atoms with Crippen molar-refractivity contribution in [3.63, 3.8) is 0 Å². The van der Waals surface area contributed by atoms with Gasteiger partial charge in [0.05, 0.1) is 6.54 Å². The Bertz CT molecular complexity index is 448. The Hall–Kier alpha value is 0.0500. The Kier molecular flexibility index (Phi) is 9.04. The molecule has 3 nitrogen and oxygen atoms in total. The lowest BCUT2D eigenvalue weighted by atomic mass is 10.2. The fraction of sp³-hybridized carbons (Fsp3) is 0.667.